The summed E-state index contributed by atoms with van der Waals surface area (Å²) in [5.41, 5.74) is 5.14. The van der Waals surface area contributed by atoms with Crippen molar-refractivity contribution in [1.29, 1.82) is 0 Å². The van der Waals surface area contributed by atoms with Crippen molar-refractivity contribution in [3.63, 3.8) is 0 Å². The molecule has 0 aromatic carbocycles. The van der Waals surface area contributed by atoms with Gasteiger partial charge in [-0.05, 0) is 0 Å². The molecule has 1 aromatic rings. The van der Waals surface area contributed by atoms with E-state index in [-0.39, 0.29) is 0 Å². The Bertz CT molecular complexity index is 285. The fraction of sp³-hybridized carbons (Fsp3) is 0.600. The molecule has 1 atom stereocenters. The molecule has 1 heterocycles. The molecular formula is C5H6F3N3O2. The molecular weight excluding hydrogens is 191 g/mol. The molecule has 0 unspecified atom stereocenters. The zero-order valence-corrected chi connectivity index (χ0v) is 6.25. The number of hydrogen-bond acceptors (Lipinski definition) is 5. The van der Waals surface area contributed by atoms with Crippen LogP contribution >= 0.6 is 0 Å². The first-order chi connectivity index (χ1) is 5.95. The van der Waals surface area contributed by atoms with Gasteiger partial charge in [-0.15, -0.1) is 0 Å². The summed E-state index contributed by atoms with van der Waals surface area (Å²) < 4.78 is 39.8. The van der Waals surface area contributed by atoms with Gasteiger partial charge in [0.2, 0.25) is 5.89 Å². The van der Waals surface area contributed by atoms with E-state index in [0.717, 1.165) is 0 Å². The number of alkyl halides is 3. The minimum Gasteiger partial charge on any atom is -0.394 e. The van der Waals surface area contributed by atoms with Crippen LogP contribution in [-0.4, -0.2) is 21.9 Å². The van der Waals surface area contributed by atoms with Crippen LogP contribution < -0.4 is 5.73 Å². The number of rotatable bonds is 2. The highest BCUT2D eigenvalue weighted by Crippen LogP contribution is 2.26. The number of nitrogens with two attached hydrogens (primary N) is 1. The monoisotopic (exact) mass is 197 g/mol. The molecule has 0 spiro atoms. The molecule has 1 rings (SSSR count). The molecule has 0 bridgehead atoms. The Kier molecular flexibility index (Phi) is 2.52. The molecule has 3 N–H and O–H groups in total. The molecule has 0 radical (unpaired) electrons. The fourth-order valence-electron chi connectivity index (χ4n) is 0.579. The maximum absolute atomic E-state index is 11.9. The molecule has 0 aliphatic rings. The van der Waals surface area contributed by atoms with Crippen LogP contribution in [0.25, 0.3) is 0 Å². The van der Waals surface area contributed by atoms with E-state index in [4.69, 9.17) is 10.8 Å². The van der Waals surface area contributed by atoms with Crippen LogP contribution in [0, 0.1) is 0 Å². The lowest BCUT2D eigenvalue weighted by molar-refractivity contribution is -0.146. The van der Waals surface area contributed by atoms with Gasteiger partial charge in [-0.2, -0.15) is 18.2 Å². The Balaban J connectivity index is 2.87. The lowest BCUT2D eigenvalue weighted by atomic mass is 10.3. The number of aliphatic hydroxyl groups excluding tert-OH is 1. The van der Waals surface area contributed by atoms with Crippen molar-refractivity contribution in [3.8, 4) is 0 Å². The Morgan fingerprint density at radius 3 is 2.54 bits per heavy atom. The van der Waals surface area contributed by atoms with E-state index in [2.05, 4.69) is 14.7 Å². The quantitative estimate of drug-likeness (QED) is 0.701. The predicted molar refractivity (Wildman–Crippen MR) is 33.3 cm³/mol. The van der Waals surface area contributed by atoms with Gasteiger partial charge < -0.3 is 15.4 Å². The molecule has 0 fully saturated rings. The molecule has 0 saturated carbocycles. The molecule has 0 amide bonds. The van der Waals surface area contributed by atoms with Crippen molar-refractivity contribution < 1.29 is 22.8 Å². The van der Waals surface area contributed by atoms with Crippen molar-refractivity contribution in [1.82, 2.24) is 10.1 Å². The topological polar surface area (TPSA) is 85.2 Å². The maximum atomic E-state index is 11.9. The number of aromatic nitrogens is 2. The summed E-state index contributed by atoms with van der Waals surface area (Å²) in [6.07, 6.45) is -4.66. The minimum atomic E-state index is -4.66. The van der Waals surface area contributed by atoms with Gasteiger partial charge in [0.25, 0.3) is 5.82 Å². The van der Waals surface area contributed by atoms with Gasteiger partial charge in [-0.25, -0.2) is 0 Å². The maximum Gasteiger partial charge on any atom is 0.455 e. The third kappa shape index (κ3) is 2.16. The van der Waals surface area contributed by atoms with Crippen LogP contribution in [0.3, 0.4) is 0 Å². The highest BCUT2D eigenvalue weighted by molar-refractivity contribution is 4.94. The Morgan fingerprint density at radius 1 is 1.54 bits per heavy atom. The highest BCUT2D eigenvalue weighted by Gasteiger charge is 2.37. The van der Waals surface area contributed by atoms with Crippen LogP contribution in [0.15, 0.2) is 4.52 Å². The number of hydrogen-bond donors (Lipinski definition) is 2. The first-order valence-corrected chi connectivity index (χ1v) is 3.22. The van der Waals surface area contributed by atoms with Crippen LogP contribution in [0.4, 0.5) is 13.2 Å². The first-order valence-electron chi connectivity index (χ1n) is 3.22. The zero-order chi connectivity index (χ0) is 10.1. The van der Waals surface area contributed by atoms with Gasteiger partial charge in [0.1, 0.15) is 6.04 Å². The fourth-order valence-corrected chi connectivity index (χ4v) is 0.579. The molecule has 0 aliphatic carbocycles. The standard InChI is InChI=1S/C5H6F3N3O2/c6-5(7,8)4-10-3(13-11-4)2(9)1-12/h2,12H,1,9H2/t2-/m0/s1. The molecule has 8 heteroatoms. The summed E-state index contributed by atoms with van der Waals surface area (Å²) in [6, 6.07) is -1.08. The molecule has 5 nitrogen and oxygen atoms in total. The van der Waals surface area contributed by atoms with E-state index in [1.807, 2.05) is 0 Å². The summed E-state index contributed by atoms with van der Waals surface area (Å²) in [7, 11) is 0. The summed E-state index contributed by atoms with van der Waals surface area (Å²) in [5.74, 6) is -1.83. The van der Waals surface area contributed by atoms with Gasteiger partial charge in [-0.3, -0.25) is 0 Å². The second kappa shape index (κ2) is 3.30. The van der Waals surface area contributed by atoms with Gasteiger partial charge in [0.05, 0.1) is 6.61 Å². The summed E-state index contributed by atoms with van der Waals surface area (Å²) in [5, 5.41) is 11.1. The molecule has 1 aromatic heterocycles. The van der Waals surface area contributed by atoms with Crippen LogP contribution in [0.2, 0.25) is 0 Å². The number of nitrogens with zero attached hydrogens (tertiary/aromatic N) is 2. The lowest BCUT2D eigenvalue weighted by Gasteiger charge is -1.99. The van der Waals surface area contributed by atoms with Crippen molar-refractivity contribution in [2.24, 2.45) is 5.73 Å². The zero-order valence-electron chi connectivity index (χ0n) is 6.25. The van der Waals surface area contributed by atoms with Crippen LogP contribution in [0.1, 0.15) is 17.8 Å². The van der Waals surface area contributed by atoms with E-state index < -0.39 is 30.5 Å². The summed E-state index contributed by atoms with van der Waals surface area (Å²) in [4.78, 5) is 2.96. The average molecular weight is 197 g/mol. The Morgan fingerprint density at radius 2 is 2.15 bits per heavy atom. The third-order valence-corrected chi connectivity index (χ3v) is 1.21. The Labute approximate surface area is 70.3 Å². The normalized spacial score (nSPS) is 14.5. The van der Waals surface area contributed by atoms with Gasteiger partial charge in [-0.1, -0.05) is 5.16 Å². The van der Waals surface area contributed by atoms with E-state index >= 15 is 0 Å². The average Bonchev–Trinajstić information content (AvgIpc) is 2.50. The van der Waals surface area contributed by atoms with Crippen molar-refractivity contribution >= 4 is 0 Å². The molecule has 0 aliphatic heterocycles. The van der Waals surface area contributed by atoms with Crippen LogP contribution in [-0.2, 0) is 6.18 Å². The van der Waals surface area contributed by atoms with E-state index in [1.54, 1.807) is 0 Å². The smallest absolute Gasteiger partial charge is 0.394 e. The molecule has 13 heavy (non-hydrogen) atoms. The Hall–Kier alpha value is -1.15. The second-order valence-corrected chi connectivity index (χ2v) is 2.24. The van der Waals surface area contributed by atoms with Crippen molar-refractivity contribution in [2.45, 2.75) is 12.2 Å². The highest BCUT2D eigenvalue weighted by atomic mass is 19.4. The van der Waals surface area contributed by atoms with E-state index in [0.29, 0.717) is 0 Å². The first kappa shape index (κ1) is 9.93. The van der Waals surface area contributed by atoms with Gasteiger partial charge >= 0.3 is 6.18 Å². The third-order valence-electron chi connectivity index (χ3n) is 1.21. The van der Waals surface area contributed by atoms with E-state index in [9.17, 15) is 13.2 Å². The number of halogens is 3. The van der Waals surface area contributed by atoms with Crippen molar-refractivity contribution in [2.75, 3.05) is 6.61 Å². The van der Waals surface area contributed by atoms with Gasteiger partial charge in [0, 0.05) is 0 Å². The largest absolute Gasteiger partial charge is 0.455 e. The summed E-state index contributed by atoms with van der Waals surface area (Å²) in [6.45, 7) is -0.556. The lowest BCUT2D eigenvalue weighted by Crippen LogP contribution is -2.15. The van der Waals surface area contributed by atoms with Gasteiger partial charge in [0.15, 0.2) is 0 Å². The van der Waals surface area contributed by atoms with Crippen LogP contribution in [0.5, 0.6) is 0 Å². The SMILES string of the molecule is N[C@@H](CO)c1nc(C(F)(F)F)no1. The summed E-state index contributed by atoms with van der Waals surface area (Å²) >= 11 is 0. The molecule has 74 valence electrons. The predicted octanol–water partition coefficient (Wildman–Crippen LogP) is 0.0805. The second-order valence-electron chi connectivity index (χ2n) is 2.24. The van der Waals surface area contributed by atoms with Crippen molar-refractivity contribution in [3.05, 3.63) is 11.7 Å². The molecule has 0 saturated heterocycles. The minimum absolute atomic E-state index is 0.435. The number of aliphatic hydroxyl groups is 1. The van der Waals surface area contributed by atoms with E-state index in [1.165, 1.54) is 0 Å².